The van der Waals surface area contributed by atoms with Gasteiger partial charge in [0.2, 0.25) is 5.78 Å². The van der Waals surface area contributed by atoms with Crippen molar-refractivity contribution in [3.8, 4) is 5.75 Å². The normalized spacial score (nSPS) is 24.3. The fourth-order valence-corrected chi connectivity index (χ4v) is 6.17. The van der Waals surface area contributed by atoms with Gasteiger partial charge in [0.1, 0.15) is 22.8 Å². The molecule has 1 saturated carbocycles. The molecule has 11 heteroatoms. The number of nitrogens with two attached hydrogens (primary N) is 1. The second-order valence-electron chi connectivity index (χ2n) is 10.2. The van der Waals surface area contributed by atoms with Crippen LogP contribution in [0.15, 0.2) is 47.2 Å². The third-order valence-corrected chi connectivity index (χ3v) is 8.22. The second-order valence-corrected chi connectivity index (χ2v) is 10.6. The van der Waals surface area contributed by atoms with Crippen LogP contribution in [0.5, 0.6) is 5.75 Å². The van der Waals surface area contributed by atoms with Crippen LogP contribution in [0.4, 0.5) is 5.69 Å². The maximum Gasteiger partial charge on any atom is 0.255 e. The lowest BCUT2D eigenvalue weighted by Crippen LogP contribution is -2.58. The van der Waals surface area contributed by atoms with Crippen LogP contribution in [0, 0.1) is 11.8 Å². The van der Waals surface area contributed by atoms with Gasteiger partial charge >= 0.3 is 0 Å². The summed E-state index contributed by atoms with van der Waals surface area (Å²) in [7, 11) is 1.70. The van der Waals surface area contributed by atoms with Crippen LogP contribution < -0.4 is 16.4 Å². The predicted molar refractivity (Wildman–Crippen MR) is 143 cm³/mol. The number of halogens is 1. The summed E-state index contributed by atoms with van der Waals surface area (Å²) in [6.07, 6.45) is -0.0435. The lowest BCUT2D eigenvalue weighted by molar-refractivity contribution is -0.147. The van der Waals surface area contributed by atoms with E-state index in [0.717, 1.165) is 5.56 Å². The average Bonchev–Trinajstić information content (AvgIpc) is 2.88. The predicted octanol–water partition coefficient (Wildman–Crippen LogP) is 2.41. The van der Waals surface area contributed by atoms with Crippen LogP contribution in [-0.2, 0) is 33.9 Å². The van der Waals surface area contributed by atoms with Crippen molar-refractivity contribution in [1.82, 2.24) is 5.32 Å². The molecule has 3 atom stereocenters. The number of ketones is 2. The van der Waals surface area contributed by atoms with Gasteiger partial charge in [-0.15, -0.1) is 0 Å². The second kappa shape index (κ2) is 9.71. The van der Waals surface area contributed by atoms with E-state index in [1.807, 2.05) is 12.1 Å². The number of carbonyl (C=O) groups excluding carboxylic acids is 3. The van der Waals surface area contributed by atoms with E-state index in [-0.39, 0.29) is 42.7 Å². The lowest BCUT2D eigenvalue weighted by atomic mass is 9.59. The van der Waals surface area contributed by atoms with Crippen molar-refractivity contribution < 1.29 is 34.8 Å². The Labute approximate surface area is 228 Å². The van der Waals surface area contributed by atoms with Crippen LogP contribution in [0.25, 0.3) is 5.76 Å². The summed E-state index contributed by atoms with van der Waals surface area (Å²) in [5.74, 6) is -6.46. The Bertz CT molecular complexity index is 1480. The van der Waals surface area contributed by atoms with Crippen molar-refractivity contribution >= 4 is 40.5 Å². The van der Waals surface area contributed by atoms with Crippen LogP contribution >= 0.6 is 11.6 Å². The molecule has 0 heterocycles. The summed E-state index contributed by atoms with van der Waals surface area (Å²) in [5, 5.41) is 51.6. The number of aliphatic hydroxyl groups excluding tert-OH is 2. The average molecular weight is 554 g/mol. The van der Waals surface area contributed by atoms with Crippen LogP contribution in [0.2, 0.25) is 5.02 Å². The number of amides is 1. The smallest absolute Gasteiger partial charge is 0.255 e. The monoisotopic (exact) mass is 553 g/mol. The summed E-state index contributed by atoms with van der Waals surface area (Å²) in [5.41, 5.74) is 4.37. The molecule has 1 fully saturated rings. The number of hydrogen-bond donors (Lipinski definition) is 7. The summed E-state index contributed by atoms with van der Waals surface area (Å²) in [6, 6.07) is 9.05. The Morgan fingerprint density at radius 3 is 2.46 bits per heavy atom. The van der Waals surface area contributed by atoms with Gasteiger partial charge in [-0.05, 0) is 48.1 Å². The number of fused-ring (bicyclic) bond motifs is 3. The Hall–Kier alpha value is -3.86. The molecular formula is C28H28ClN3O7. The molecule has 204 valence electrons. The number of primary amides is 1. The van der Waals surface area contributed by atoms with E-state index in [0.29, 0.717) is 28.4 Å². The Kier molecular flexibility index (Phi) is 6.66. The number of benzene rings is 2. The maximum atomic E-state index is 13.7. The third-order valence-electron chi connectivity index (χ3n) is 7.97. The molecule has 2 aromatic rings. The molecular weight excluding hydrogens is 526 g/mol. The van der Waals surface area contributed by atoms with Gasteiger partial charge in [-0.3, -0.25) is 14.4 Å². The molecule has 39 heavy (non-hydrogen) atoms. The molecule has 0 spiro atoms. The molecule has 0 aliphatic heterocycles. The van der Waals surface area contributed by atoms with Crippen LogP contribution in [0.3, 0.4) is 0 Å². The molecule has 3 aliphatic rings. The molecule has 0 bridgehead atoms. The first kappa shape index (κ1) is 26.7. The van der Waals surface area contributed by atoms with Gasteiger partial charge in [-0.1, -0.05) is 23.7 Å². The first-order valence-corrected chi connectivity index (χ1v) is 12.8. The highest BCUT2D eigenvalue weighted by molar-refractivity contribution is 6.30. The maximum absolute atomic E-state index is 13.7. The van der Waals surface area contributed by atoms with Crippen molar-refractivity contribution in [2.24, 2.45) is 17.6 Å². The van der Waals surface area contributed by atoms with E-state index >= 15 is 0 Å². The van der Waals surface area contributed by atoms with E-state index in [1.165, 1.54) is 0 Å². The zero-order chi connectivity index (χ0) is 28.2. The summed E-state index contributed by atoms with van der Waals surface area (Å²) in [6.45, 7) is 0.715. The molecule has 2 unspecified atom stereocenters. The fraction of sp³-hybridized carbons (Fsp3) is 0.321. The standard InChI is InChI=1S/C28H28ClN3O7/c1-31-18-8-14(11-32-10-12-2-4-16(29)5-3-12)23(34)21-17(18)7-13-6-15-9-19(33)22(27(30)38)26(37)28(15,39)25(36)20(13)24(21)35/h2-5,8,13,15,31-32,34-35,37,39H,6-7,9-11H2,1H3,(H2,30,38)/t13?,15?,28-/m0/s1. The number of phenolic OH excluding ortho intramolecular Hbond substituents is 1. The van der Waals surface area contributed by atoms with Crippen molar-refractivity contribution in [3.63, 3.8) is 0 Å². The van der Waals surface area contributed by atoms with E-state index in [1.54, 1.807) is 25.2 Å². The van der Waals surface area contributed by atoms with Gasteiger partial charge < -0.3 is 36.8 Å². The van der Waals surface area contributed by atoms with Gasteiger partial charge in [-0.25, -0.2) is 0 Å². The molecule has 0 aromatic heterocycles. The molecule has 10 nitrogen and oxygen atoms in total. The summed E-state index contributed by atoms with van der Waals surface area (Å²) < 4.78 is 0. The van der Waals surface area contributed by atoms with Gasteiger partial charge in [0.15, 0.2) is 11.4 Å². The third kappa shape index (κ3) is 4.15. The minimum absolute atomic E-state index is 0.0530. The number of anilines is 1. The Morgan fingerprint density at radius 1 is 1.13 bits per heavy atom. The summed E-state index contributed by atoms with van der Waals surface area (Å²) in [4.78, 5) is 38.0. The Balaban J connectivity index is 1.54. The Morgan fingerprint density at radius 2 is 1.82 bits per heavy atom. The first-order valence-electron chi connectivity index (χ1n) is 12.5. The van der Waals surface area contributed by atoms with Crippen molar-refractivity contribution in [1.29, 1.82) is 0 Å². The van der Waals surface area contributed by atoms with E-state index < -0.39 is 52.0 Å². The lowest BCUT2D eigenvalue weighted by Gasteiger charge is -2.46. The van der Waals surface area contributed by atoms with Crippen molar-refractivity contribution in [2.75, 3.05) is 12.4 Å². The molecule has 2 aromatic carbocycles. The van der Waals surface area contributed by atoms with Gasteiger partial charge in [-0.2, -0.15) is 0 Å². The number of phenols is 1. The fourth-order valence-electron chi connectivity index (χ4n) is 6.05. The number of aromatic hydroxyl groups is 1. The highest BCUT2D eigenvalue weighted by Crippen LogP contribution is 2.53. The zero-order valence-corrected chi connectivity index (χ0v) is 21.8. The molecule has 8 N–H and O–H groups in total. The molecule has 5 rings (SSSR count). The van der Waals surface area contributed by atoms with Crippen molar-refractivity contribution in [2.45, 2.75) is 38.0 Å². The topological polar surface area (TPSA) is 182 Å². The van der Waals surface area contributed by atoms with Crippen LogP contribution in [0.1, 0.15) is 35.1 Å². The minimum Gasteiger partial charge on any atom is -0.508 e. The quantitative estimate of drug-likeness (QED) is 0.208. The molecule has 0 saturated heterocycles. The first-order chi connectivity index (χ1) is 18.5. The van der Waals surface area contributed by atoms with Crippen molar-refractivity contribution in [3.05, 3.63) is 74.5 Å². The van der Waals surface area contributed by atoms with Gasteiger partial charge in [0, 0.05) is 54.3 Å². The SMILES string of the molecule is CNc1cc(CNCc2ccc(Cl)cc2)c(O)c2c1CC1CC3CC(=O)C(C(N)=O)=C(O)[C@@]3(O)C(=O)C1=C2O. The number of hydrogen-bond acceptors (Lipinski definition) is 9. The van der Waals surface area contributed by atoms with Gasteiger partial charge in [0.05, 0.1) is 5.56 Å². The number of Topliss-reactive ketones (excluding diaryl/α,β-unsaturated/α-hetero) is 2. The molecule has 1 amide bonds. The highest BCUT2D eigenvalue weighted by Gasteiger charge is 2.60. The largest absolute Gasteiger partial charge is 0.508 e. The van der Waals surface area contributed by atoms with E-state index in [9.17, 15) is 34.8 Å². The van der Waals surface area contributed by atoms with E-state index in [4.69, 9.17) is 17.3 Å². The zero-order valence-electron chi connectivity index (χ0n) is 21.0. The van der Waals surface area contributed by atoms with E-state index in [2.05, 4.69) is 10.6 Å². The molecule has 3 aliphatic carbocycles. The number of carbonyl (C=O) groups is 3. The number of nitrogens with one attached hydrogen (secondary N) is 2. The number of aliphatic hydroxyl groups is 3. The minimum atomic E-state index is -2.59. The van der Waals surface area contributed by atoms with Crippen LogP contribution in [-0.4, -0.2) is 50.5 Å². The van der Waals surface area contributed by atoms with Gasteiger partial charge in [0.25, 0.3) is 5.91 Å². The number of rotatable bonds is 6. The summed E-state index contributed by atoms with van der Waals surface area (Å²) >= 11 is 5.94. The highest BCUT2D eigenvalue weighted by atomic mass is 35.5. The molecule has 0 radical (unpaired) electrons.